The first-order valence-corrected chi connectivity index (χ1v) is 7.24. The fourth-order valence-electron chi connectivity index (χ4n) is 2.22. The van der Waals surface area contributed by atoms with Crippen LogP contribution in [0.3, 0.4) is 0 Å². The molecule has 3 aromatic rings. The number of ether oxygens (including phenoxy) is 1. The van der Waals surface area contributed by atoms with Gasteiger partial charge in [-0.15, -0.1) is 11.6 Å². The fraction of sp³-hybridized carbons (Fsp3) is 0.111. The number of rotatable bonds is 4. The Hall–Kier alpha value is -2.06. The maximum absolute atomic E-state index is 13.5. The van der Waals surface area contributed by atoms with E-state index >= 15 is 0 Å². The van der Waals surface area contributed by atoms with Crippen LogP contribution in [0.2, 0.25) is 0 Å². The van der Waals surface area contributed by atoms with E-state index in [2.05, 4.69) is 6.07 Å². The van der Waals surface area contributed by atoms with Crippen molar-refractivity contribution in [3.63, 3.8) is 0 Å². The number of benzene rings is 3. The lowest BCUT2D eigenvalue weighted by Gasteiger charge is -2.08. The third-order valence-corrected chi connectivity index (χ3v) is 3.69. The highest BCUT2D eigenvalue weighted by Gasteiger charge is 2.03. The summed E-state index contributed by atoms with van der Waals surface area (Å²) >= 11 is 5.83. The first-order valence-electron chi connectivity index (χ1n) is 6.71. The van der Waals surface area contributed by atoms with Gasteiger partial charge in [0.1, 0.15) is 18.2 Å². The monoisotopic (exact) mass is 300 g/mol. The van der Waals surface area contributed by atoms with E-state index in [-0.39, 0.29) is 12.4 Å². The molecule has 0 aliphatic rings. The predicted octanol–water partition coefficient (Wildman–Crippen LogP) is 5.30. The average Bonchev–Trinajstić information content (AvgIpc) is 2.53. The zero-order valence-electron chi connectivity index (χ0n) is 11.4. The van der Waals surface area contributed by atoms with Gasteiger partial charge in [-0.1, -0.05) is 36.4 Å². The Morgan fingerprint density at radius 2 is 1.67 bits per heavy atom. The minimum atomic E-state index is -0.245. The van der Waals surface area contributed by atoms with Crippen molar-refractivity contribution >= 4 is 22.4 Å². The second kappa shape index (κ2) is 6.15. The van der Waals surface area contributed by atoms with E-state index in [0.29, 0.717) is 11.4 Å². The van der Waals surface area contributed by atoms with E-state index in [9.17, 15) is 4.39 Å². The zero-order chi connectivity index (χ0) is 14.7. The highest BCUT2D eigenvalue weighted by Crippen LogP contribution is 2.23. The topological polar surface area (TPSA) is 9.23 Å². The molecule has 0 amide bonds. The molecule has 1 nitrogen and oxygen atoms in total. The summed E-state index contributed by atoms with van der Waals surface area (Å²) in [4.78, 5) is 0. The molecule has 3 aromatic carbocycles. The number of alkyl halides is 1. The van der Waals surface area contributed by atoms with Crippen molar-refractivity contribution in [3.05, 3.63) is 77.6 Å². The molecule has 0 N–H and O–H groups in total. The normalized spacial score (nSPS) is 10.8. The Morgan fingerprint density at radius 3 is 2.48 bits per heavy atom. The Morgan fingerprint density at radius 1 is 0.905 bits per heavy atom. The predicted molar refractivity (Wildman–Crippen MR) is 84.2 cm³/mol. The van der Waals surface area contributed by atoms with E-state index in [1.165, 1.54) is 6.07 Å². The van der Waals surface area contributed by atoms with Gasteiger partial charge < -0.3 is 4.74 Å². The molecule has 0 aromatic heterocycles. The maximum Gasteiger partial charge on any atom is 0.129 e. The van der Waals surface area contributed by atoms with Gasteiger partial charge in [0.2, 0.25) is 0 Å². The number of fused-ring (bicyclic) bond motifs is 1. The summed E-state index contributed by atoms with van der Waals surface area (Å²) < 4.78 is 19.2. The summed E-state index contributed by atoms with van der Waals surface area (Å²) in [5.41, 5.74) is 1.64. The van der Waals surface area contributed by atoms with E-state index in [1.54, 1.807) is 18.2 Å². The van der Waals surface area contributed by atoms with Crippen LogP contribution < -0.4 is 4.74 Å². The quantitative estimate of drug-likeness (QED) is 0.594. The lowest BCUT2D eigenvalue weighted by molar-refractivity contribution is 0.300. The minimum Gasteiger partial charge on any atom is -0.489 e. The molecule has 0 heterocycles. The largest absolute Gasteiger partial charge is 0.489 e. The molecule has 0 bridgehead atoms. The van der Waals surface area contributed by atoms with Crippen molar-refractivity contribution in [2.24, 2.45) is 0 Å². The first kappa shape index (κ1) is 13.9. The van der Waals surface area contributed by atoms with Crippen molar-refractivity contribution < 1.29 is 9.13 Å². The van der Waals surface area contributed by atoms with Crippen LogP contribution in [0.15, 0.2) is 60.7 Å². The fourth-order valence-corrected chi connectivity index (χ4v) is 2.39. The van der Waals surface area contributed by atoms with Gasteiger partial charge in [0.05, 0.1) is 0 Å². The van der Waals surface area contributed by atoms with Crippen LogP contribution in [0.5, 0.6) is 5.75 Å². The van der Waals surface area contributed by atoms with Gasteiger partial charge in [0.25, 0.3) is 0 Å². The molecule has 0 fully saturated rings. The van der Waals surface area contributed by atoms with Gasteiger partial charge in [-0.2, -0.15) is 0 Å². The van der Waals surface area contributed by atoms with Crippen molar-refractivity contribution in [2.45, 2.75) is 12.5 Å². The summed E-state index contributed by atoms with van der Waals surface area (Å²) in [6.45, 7) is 0.220. The van der Waals surface area contributed by atoms with Gasteiger partial charge in [-0.3, -0.25) is 0 Å². The molecule has 3 rings (SSSR count). The highest BCUT2D eigenvalue weighted by molar-refractivity contribution is 6.17. The third-order valence-electron chi connectivity index (χ3n) is 3.38. The van der Waals surface area contributed by atoms with Crippen molar-refractivity contribution in [2.75, 3.05) is 0 Å². The summed E-state index contributed by atoms with van der Waals surface area (Å²) in [6, 6.07) is 18.5. The van der Waals surface area contributed by atoms with E-state index in [4.69, 9.17) is 16.3 Å². The second-order valence-electron chi connectivity index (χ2n) is 4.86. The molecule has 21 heavy (non-hydrogen) atoms. The summed E-state index contributed by atoms with van der Waals surface area (Å²) in [5, 5.41) is 2.20. The molecule has 0 radical (unpaired) electrons. The molecule has 106 valence electrons. The molecule has 0 unspecified atom stereocenters. The third kappa shape index (κ3) is 3.17. The van der Waals surface area contributed by atoms with Crippen LogP contribution in [0, 0.1) is 5.82 Å². The molecule has 0 aliphatic heterocycles. The Bertz CT molecular complexity index is 770. The second-order valence-corrected chi connectivity index (χ2v) is 5.12. The summed E-state index contributed by atoms with van der Waals surface area (Å²) in [7, 11) is 0. The molecule has 0 aliphatic carbocycles. The first-order chi connectivity index (χ1) is 10.3. The van der Waals surface area contributed by atoms with Gasteiger partial charge in [-0.25, -0.2) is 4.39 Å². The van der Waals surface area contributed by atoms with Crippen molar-refractivity contribution in [3.8, 4) is 5.75 Å². The summed E-state index contributed by atoms with van der Waals surface area (Å²) in [5.74, 6) is 0.982. The Kier molecular flexibility index (Phi) is 4.07. The van der Waals surface area contributed by atoms with Crippen molar-refractivity contribution in [1.82, 2.24) is 0 Å². The minimum absolute atomic E-state index is 0.220. The molecule has 0 saturated heterocycles. The lowest BCUT2D eigenvalue weighted by atomic mass is 10.1. The van der Waals surface area contributed by atoms with E-state index < -0.39 is 0 Å². The molecular formula is C18H14ClFO. The van der Waals surface area contributed by atoms with Crippen LogP contribution in [0.4, 0.5) is 4.39 Å². The Labute approximate surface area is 127 Å². The number of hydrogen-bond acceptors (Lipinski definition) is 1. The van der Waals surface area contributed by atoms with Gasteiger partial charge in [0.15, 0.2) is 0 Å². The van der Waals surface area contributed by atoms with Gasteiger partial charge in [-0.05, 0) is 40.6 Å². The van der Waals surface area contributed by atoms with Gasteiger partial charge >= 0.3 is 0 Å². The Balaban J connectivity index is 1.80. The van der Waals surface area contributed by atoms with Crippen LogP contribution in [-0.4, -0.2) is 0 Å². The van der Waals surface area contributed by atoms with Gasteiger partial charge in [0, 0.05) is 11.4 Å². The molecule has 3 heteroatoms. The average molecular weight is 301 g/mol. The van der Waals surface area contributed by atoms with Crippen LogP contribution in [0.1, 0.15) is 11.1 Å². The highest BCUT2D eigenvalue weighted by atomic mass is 35.5. The SMILES string of the molecule is Fc1ccccc1COc1ccc2cc(CCl)ccc2c1. The van der Waals surface area contributed by atoms with Crippen LogP contribution >= 0.6 is 11.6 Å². The maximum atomic E-state index is 13.5. The standard InChI is InChI=1S/C18H14ClFO/c19-11-13-5-6-15-10-17(8-7-14(15)9-13)21-12-16-3-1-2-4-18(16)20/h1-10H,11-12H2. The van der Waals surface area contributed by atoms with Crippen LogP contribution in [0.25, 0.3) is 10.8 Å². The molecular weight excluding hydrogens is 287 g/mol. The smallest absolute Gasteiger partial charge is 0.129 e. The van der Waals surface area contributed by atoms with Crippen molar-refractivity contribution in [1.29, 1.82) is 0 Å². The molecule has 0 saturated carbocycles. The molecule has 0 atom stereocenters. The number of hydrogen-bond donors (Lipinski definition) is 0. The molecule has 0 spiro atoms. The summed E-state index contributed by atoms with van der Waals surface area (Å²) in [6.07, 6.45) is 0. The van der Waals surface area contributed by atoms with E-state index in [1.807, 2.05) is 30.3 Å². The van der Waals surface area contributed by atoms with Crippen LogP contribution in [-0.2, 0) is 12.5 Å². The lowest BCUT2D eigenvalue weighted by Crippen LogP contribution is -1.98. The number of halogens is 2. The van der Waals surface area contributed by atoms with E-state index in [0.717, 1.165) is 22.1 Å². The zero-order valence-corrected chi connectivity index (χ0v) is 12.1.